The molecule has 0 spiro atoms. The van der Waals surface area contributed by atoms with Gasteiger partial charge in [-0.15, -0.1) is 0 Å². The van der Waals surface area contributed by atoms with Crippen molar-refractivity contribution in [1.82, 2.24) is 0 Å². The van der Waals surface area contributed by atoms with Crippen molar-refractivity contribution in [2.45, 2.75) is 76.4 Å². The second-order valence-corrected chi connectivity index (χ2v) is 10.3. The molecule has 1 heterocycles. The Morgan fingerprint density at radius 1 is 1.24 bits per heavy atom. The van der Waals surface area contributed by atoms with Gasteiger partial charge in [-0.3, -0.25) is 0 Å². The zero-order valence-electron chi connectivity index (χ0n) is 17.2. The predicted octanol–water partition coefficient (Wildman–Crippen LogP) is 5.15. The maximum Gasteiger partial charge on any atom is 0.506 e. The van der Waals surface area contributed by atoms with Crippen molar-refractivity contribution in [1.29, 1.82) is 0 Å². The number of rotatable bonds is 1. The zero-order valence-corrected chi connectivity index (χ0v) is 18.2. The highest BCUT2D eigenvalue weighted by Crippen LogP contribution is 2.61. The van der Waals surface area contributed by atoms with Crippen LogP contribution in [0.2, 0.25) is 6.04 Å². The highest BCUT2D eigenvalue weighted by atomic mass is 28.2. The SMILES string of the molecule is C1CC[Si]OC1.C[C@]12CC[C@@H]3c4ccc(O)cc4CC[C@H]3[C@@H]1CC[C@@H]2OC(=O)O. The van der Waals surface area contributed by atoms with Crippen LogP contribution in [0.3, 0.4) is 0 Å². The molecule has 1 saturated heterocycles. The van der Waals surface area contributed by atoms with Crippen LogP contribution in [0.5, 0.6) is 5.75 Å². The van der Waals surface area contributed by atoms with E-state index in [0.717, 1.165) is 54.9 Å². The molecule has 158 valence electrons. The van der Waals surface area contributed by atoms with E-state index < -0.39 is 6.16 Å². The molecule has 0 aromatic heterocycles. The Labute approximate surface area is 175 Å². The topological polar surface area (TPSA) is 76.0 Å². The van der Waals surface area contributed by atoms with Gasteiger partial charge in [0.1, 0.15) is 11.9 Å². The van der Waals surface area contributed by atoms with Crippen LogP contribution in [0.25, 0.3) is 0 Å². The van der Waals surface area contributed by atoms with Crippen molar-refractivity contribution in [2.24, 2.45) is 17.3 Å². The van der Waals surface area contributed by atoms with E-state index in [1.54, 1.807) is 6.07 Å². The zero-order chi connectivity index (χ0) is 20.4. The van der Waals surface area contributed by atoms with E-state index in [0.29, 0.717) is 23.5 Å². The van der Waals surface area contributed by atoms with E-state index in [1.807, 2.05) is 6.07 Å². The van der Waals surface area contributed by atoms with Crippen molar-refractivity contribution in [3.63, 3.8) is 0 Å². The minimum atomic E-state index is -1.14. The number of fused-ring (bicyclic) bond motifs is 5. The first-order valence-corrected chi connectivity index (χ1v) is 12.2. The van der Waals surface area contributed by atoms with Crippen LogP contribution >= 0.6 is 0 Å². The highest BCUT2D eigenvalue weighted by molar-refractivity contribution is 6.27. The van der Waals surface area contributed by atoms with E-state index in [1.165, 1.54) is 30.0 Å². The van der Waals surface area contributed by atoms with Gasteiger partial charge < -0.3 is 19.4 Å². The molecule has 1 aliphatic heterocycles. The molecule has 0 bridgehead atoms. The van der Waals surface area contributed by atoms with Crippen LogP contribution < -0.4 is 0 Å². The Morgan fingerprint density at radius 3 is 2.76 bits per heavy atom. The average molecular weight is 417 g/mol. The highest BCUT2D eigenvalue weighted by Gasteiger charge is 2.56. The molecule has 5 nitrogen and oxygen atoms in total. The Hall–Kier alpha value is -1.53. The van der Waals surface area contributed by atoms with Crippen LogP contribution in [-0.4, -0.2) is 38.8 Å². The molecule has 29 heavy (non-hydrogen) atoms. The monoisotopic (exact) mass is 416 g/mol. The quantitative estimate of drug-likeness (QED) is 0.489. The lowest BCUT2D eigenvalue weighted by Crippen LogP contribution is -2.45. The summed E-state index contributed by atoms with van der Waals surface area (Å²) in [4.78, 5) is 11.0. The summed E-state index contributed by atoms with van der Waals surface area (Å²) in [6.45, 7) is 3.25. The maximum absolute atomic E-state index is 11.0. The molecule has 3 aliphatic carbocycles. The predicted molar refractivity (Wildman–Crippen MR) is 111 cm³/mol. The summed E-state index contributed by atoms with van der Waals surface area (Å²) >= 11 is 0. The number of benzene rings is 1. The van der Waals surface area contributed by atoms with Crippen molar-refractivity contribution < 1.29 is 24.2 Å². The third-order valence-electron chi connectivity index (χ3n) is 7.74. The van der Waals surface area contributed by atoms with Crippen LogP contribution in [0.4, 0.5) is 4.79 Å². The van der Waals surface area contributed by atoms with Crippen LogP contribution in [-0.2, 0) is 15.6 Å². The number of aryl methyl sites for hydroxylation is 1. The summed E-state index contributed by atoms with van der Waals surface area (Å²) in [7, 11) is 0.802. The first-order chi connectivity index (χ1) is 14.0. The van der Waals surface area contributed by atoms with Crippen LogP contribution in [0.1, 0.15) is 68.9 Å². The molecule has 0 unspecified atom stereocenters. The number of phenols is 1. The first kappa shape index (κ1) is 20.7. The van der Waals surface area contributed by atoms with Gasteiger partial charge in [-0.05, 0) is 92.0 Å². The Morgan fingerprint density at radius 2 is 2.10 bits per heavy atom. The fourth-order valence-corrected chi connectivity index (χ4v) is 7.18. The second-order valence-electron chi connectivity index (χ2n) is 9.24. The summed E-state index contributed by atoms with van der Waals surface area (Å²) in [5.41, 5.74) is 2.70. The standard InChI is InChI=1S/C19H24O4.C4H8OSi/c1-19-9-8-14-13-5-3-12(20)10-11(13)2-4-15(14)16(19)6-7-17(19)23-18(21)22;1-2-4-6-5-3-1/h3,5,10,14-17,20H,2,4,6-9H2,1H3,(H,21,22);1-4H2/t14-,15-,16+,17+,19+;/m1./s1. The summed E-state index contributed by atoms with van der Waals surface area (Å²) in [6.07, 6.45) is 7.60. The van der Waals surface area contributed by atoms with E-state index >= 15 is 0 Å². The number of ether oxygens (including phenoxy) is 1. The molecule has 5 rings (SSSR count). The molecule has 3 fully saturated rings. The molecule has 4 aliphatic rings. The molecule has 6 heteroatoms. The van der Waals surface area contributed by atoms with Crippen molar-refractivity contribution in [3.8, 4) is 5.75 Å². The van der Waals surface area contributed by atoms with Gasteiger partial charge in [0.2, 0.25) is 9.76 Å². The average Bonchev–Trinajstić information content (AvgIpc) is 3.05. The van der Waals surface area contributed by atoms with Gasteiger partial charge in [0, 0.05) is 12.0 Å². The van der Waals surface area contributed by atoms with Gasteiger partial charge in [0.15, 0.2) is 0 Å². The van der Waals surface area contributed by atoms with Gasteiger partial charge in [-0.25, -0.2) is 4.79 Å². The number of carboxylic acid groups (broad SMARTS) is 1. The maximum atomic E-state index is 11.0. The summed E-state index contributed by atoms with van der Waals surface area (Å²) in [5, 5.41) is 18.7. The van der Waals surface area contributed by atoms with Crippen molar-refractivity contribution in [2.75, 3.05) is 6.61 Å². The molecule has 0 amide bonds. The Balaban J connectivity index is 0.000000294. The van der Waals surface area contributed by atoms with Gasteiger partial charge in [0.05, 0.1) is 0 Å². The molecule has 2 saturated carbocycles. The lowest BCUT2D eigenvalue weighted by molar-refractivity contribution is -0.0456. The fraction of sp³-hybridized carbons (Fsp3) is 0.696. The number of phenolic OH excluding ortho intramolecular Hbond substituents is 1. The van der Waals surface area contributed by atoms with Gasteiger partial charge in [-0.2, -0.15) is 0 Å². The largest absolute Gasteiger partial charge is 0.508 e. The molecule has 1 aromatic carbocycles. The van der Waals surface area contributed by atoms with Crippen molar-refractivity contribution in [3.05, 3.63) is 29.3 Å². The number of aromatic hydroxyl groups is 1. The second kappa shape index (κ2) is 8.68. The molecule has 2 N–H and O–H groups in total. The fourth-order valence-electron chi connectivity index (χ4n) is 6.35. The minimum absolute atomic E-state index is 0.00597. The third-order valence-corrected chi connectivity index (χ3v) is 8.71. The van der Waals surface area contributed by atoms with Gasteiger partial charge in [0.25, 0.3) is 0 Å². The normalized spacial score (nSPS) is 35.3. The molecular formula is C23H32O5Si. The van der Waals surface area contributed by atoms with E-state index in [9.17, 15) is 9.90 Å². The molecule has 1 aromatic rings. The summed E-state index contributed by atoms with van der Waals surface area (Å²) < 4.78 is 10.3. The lowest BCUT2D eigenvalue weighted by Gasteiger charge is -2.50. The molecule has 5 atom stereocenters. The molecular weight excluding hydrogens is 384 g/mol. The number of hydrogen-bond donors (Lipinski definition) is 2. The first-order valence-electron chi connectivity index (χ1n) is 11.0. The van der Waals surface area contributed by atoms with Crippen LogP contribution in [0, 0.1) is 17.3 Å². The van der Waals surface area contributed by atoms with Gasteiger partial charge in [-0.1, -0.05) is 19.4 Å². The Kier molecular flexibility index (Phi) is 6.21. The summed E-state index contributed by atoms with van der Waals surface area (Å²) in [5.74, 6) is 2.08. The third kappa shape index (κ3) is 4.19. The Bertz CT molecular complexity index is 722. The smallest absolute Gasteiger partial charge is 0.506 e. The number of carbonyl (C=O) groups is 1. The van der Waals surface area contributed by atoms with Crippen LogP contribution in [0.15, 0.2) is 18.2 Å². The van der Waals surface area contributed by atoms with E-state index in [-0.39, 0.29) is 11.5 Å². The lowest BCUT2D eigenvalue weighted by atomic mass is 9.55. The van der Waals surface area contributed by atoms with Gasteiger partial charge >= 0.3 is 6.16 Å². The van der Waals surface area contributed by atoms with E-state index in [2.05, 4.69) is 13.0 Å². The molecule has 2 radical (unpaired) electrons. The van der Waals surface area contributed by atoms with E-state index in [4.69, 9.17) is 14.3 Å². The summed E-state index contributed by atoms with van der Waals surface area (Å²) in [6, 6.07) is 7.13. The minimum Gasteiger partial charge on any atom is -0.508 e. The van der Waals surface area contributed by atoms with Crippen molar-refractivity contribution >= 4 is 15.9 Å². The number of hydrogen-bond acceptors (Lipinski definition) is 4.